The van der Waals surface area contributed by atoms with Crippen molar-refractivity contribution < 1.29 is 14.7 Å². The van der Waals surface area contributed by atoms with Gasteiger partial charge in [-0.25, -0.2) is 0 Å². The highest BCUT2D eigenvalue weighted by Gasteiger charge is 2.27. The molecule has 1 aliphatic rings. The number of aliphatic carboxylic acids is 1. The second-order valence-electron chi connectivity index (χ2n) is 4.64. The molecule has 0 aromatic carbocycles. The van der Waals surface area contributed by atoms with Gasteiger partial charge in [-0.1, -0.05) is 0 Å². The zero-order valence-electron chi connectivity index (χ0n) is 10.6. The van der Waals surface area contributed by atoms with Gasteiger partial charge in [-0.15, -0.1) is 0 Å². The van der Waals surface area contributed by atoms with Crippen LogP contribution < -0.4 is 5.32 Å². The summed E-state index contributed by atoms with van der Waals surface area (Å²) in [7, 11) is 0. The van der Waals surface area contributed by atoms with Crippen LogP contribution >= 0.6 is 0 Å². The van der Waals surface area contributed by atoms with Gasteiger partial charge in [0.2, 0.25) is 5.91 Å². The van der Waals surface area contributed by atoms with E-state index >= 15 is 0 Å². The van der Waals surface area contributed by atoms with Crippen LogP contribution in [0.2, 0.25) is 0 Å². The lowest BCUT2D eigenvalue weighted by atomic mass is 9.92. The molecule has 0 bridgehead atoms. The maximum Gasteiger partial charge on any atom is 0.305 e. The van der Waals surface area contributed by atoms with E-state index in [1.165, 1.54) is 0 Å². The molecular weight excluding hydrogens is 220 g/mol. The summed E-state index contributed by atoms with van der Waals surface area (Å²) in [5, 5.41) is 12.0. The van der Waals surface area contributed by atoms with Crippen LogP contribution in [0.3, 0.4) is 0 Å². The Labute approximate surface area is 102 Å². The SMILES string of the molecule is CCN(CCC(=O)O)C(=O)C1CCNC(C)C1. The van der Waals surface area contributed by atoms with Crippen LogP contribution in [-0.2, 0) is 9.59 Å². The number of carboxylic acid groups (broad SMARTS) is 1. The van der Waals surface area contributed by atoms with E-state index < -0.39 is 5.97 Å². The third-order valence-electron chi connectivity index (χ3n) is 3.26. The largest absolute Gasteiger partial charge is 0.481 e. The van der Waals surface area contributed by atoms with E-state index in [2.05, 4.69) is 12.2 Å². The number of rotatable bonds is 5. The fraction of sp³-hybridized carbons (Fsp3) is 0.833. The first-order chi connectivity index (χ1) is 8.04. The molecular formula is C12H22N2O3. The first-order valence-corrected chi connectivity index (χ1v) is 6.28. The zero-order chi connectivity index (χ0) is 12.8. The van der Waals surface area contributed by atoms with Crippen molar-refractivity contribution in [3.8, 4) is 0 Å². The maximum atomic E-state index is 12.2. The summed E-state index contributed by atoms with van der Waals surface area (Å²) in [5.41, 5.74) is 0. The quantitative estimate of drug-likeness (QED) is 0.744. The lowest BCUT2D eigenvalue weighted by Gasteiger charge is -2.31. The van der Waals surface area contributed by atoms with Gasteiger partial charge in [0.25, 0.3) is 0 Å². The van der Waals surface area contributed by atoms with Crippen molar-refractivity contribution in [2.24, 2.45) is 5.92 Å². The van der Waals surface area contributed by atoms with Crippen LogP contribution in [0.4, 0.5) is 0 Å². The summed E-state index contributed by atoms with van der Waals surface area (Å²) >= 11 is 0. The average Bonchev–Trinajstić information content (AvgIpc) is 2.29. The van der Waals surface area contributed by atoms with E-state index in [4.69, 9.17) is 5.11 Å². The van der Waals surface area contributed by atoms with Crippen molar-refractivity contribution in [2.45, 2.75) is 39.2 Å². The van der Waals surface area contributed by atoms with E-state index in [9.17, 15) is 9.59 Å². The monoisotopic (exact) mass is 242 g/mol. The van der Waals surface area contributed by atoms with Crippen molar-refractivity contribution in [1.82, 2.24) is 10.2 Å². The van der Waals surface area contributed by atoms with Gasteiger partial charge in [-0.05, 0) is 33.2 Å². The Hall–Kier alpha value is -1.10. The third-order valence-corrected chi connectivity index (χ3v) is 3.26. The Balaban J connectivity index is 2.49. The third kappa shape index (κ3) is 4.34. The van der Waals surface area contributed by atoms with Crippen LogP contribution in [-0.4, -0.2) is 47.6 Å². The Morgan fingerprint density at radius 2 is 2.18 bits per heavy atom. The molecule has 5 heteroatoms. The molecule has 0 spiro atoms. The Bertz CT molecular complexity index is 281. The van der Waals surface area contributed by atoms with Gasteiger partial charge in [-0.2, -0.15) is 0 Å². The topological polar surface area (TPSA) is 69.6 Å². The number of piperidine rings is 1. The molecule has 1 amide bonds. The predicted octanol–water partition coefficient (Wildman–Crippen LogP) is 0.698. The highest BCUT2D eigenvalue weighted by atomic mass is 16.4. The van der Waals surface area contributed by atoms with Crippen molar-refractivity contribution in [3.63, 3.8) is 0 Å². The fourth-order valence-corrected chi connectivity index (χ4v) is 2.27. The molecule has 0 aliphatic carbocycles. The average molecular weight is 242 g/mol. The van der Waals surface area contributed by atoms with Crippen LogP contribution in [0.1, 0.15) is 33.1 Å². The molecule has 5 nitrogen and oxygen atoms in total. The molecule has 17 heavy (non-hydrogen) atoms. The van der Waals surface area contributed by atoms with Crippen LogP contribution in [0.15, 0.2) is 0 Å². The van der Waals surface area contributed by atoms with Gasteiger partial charge in [-0.3, -0.25) is 9.59 Å². The van der Waals surface area contributed by atoms with Crippen molar-refractivity contribution in [2.75, 3.05) is 19.6 Å². The number of hydrogen-bond acceptors (Lipinski definition) is 3. The predicted molar refractivity (Wildman–Crippen MR) is 64.7 cm³/mol. The van der Waals surface area contributed by atoms with Gasteiger partial charge in [0.1, 0.15) is 0 Å². The smallest absolute Gasteiger partial charge is 0.305 e. The molecule has 2 N–H and O–H groups in total. The molecule has 0 aromatic rings. The van der Waals surface area contributed by atoms with Crippen molar-refractivity contribution in [3.05, 3.63) is 0 Å². The van der Waals surface area contributed by atoms with Crippen molar-refractivity contribution in [1.29, 1.82) is 0 Å². The molecule has 0 saturated carbocycles. The molecule has 1 saturated heterocycles. The molecule has 2 atom stereocenters. The summed E-state index contributed by atoms with van der Waals surface area (Å²) in [6, 6.07) is 0.371. The lowest BCUT2D eigenvalue weighted by Crippen LogP contribution is -2.44. The molecule has 0 aromatic heterocycles. The highest BCUT2D eigenvalue weighted by molar-refractivity contribution is 5.79. The second kappa shape index (κ2) is 6.59. The minimum atomic E-state index is -0.852. The summed E-state index contributed by atoms with van der Waals surface area (Å²) in [6.07, 6.45) is 1.73. The first-order valence-electron chi connectivity index (χ1n) is 6.28. The van der Waals surface area contributed by atoms with E-state index in [-0.39, 0.29) is 18.2 Å². The van der Waals surface area contributed by atoms with Gasteiger partial charge in [0.05, 0.1) is 6.42 Å². The van der Waals surface area contributed by atoms with E-state index in [1.54, 1.807) is 4.90 Å². The van der Waals surface area contributed by atoms with Gasteiger partial charge in [0.15, 0.2) is 0 Å². The Morgan fingerprint density at radius 1 is 1.47 bits per heavy atom. The number of hydrogen-bond donors (Lipinski definition) is 2. The number of carbonyl (C=O) groups excluding carboxylic acids is 1. The minimum absolute atomic E-state index is 0.0279. The number of nitrogens with zero attached hydrogens (tertiary/aromatic N) is 1. The molecule has 1 rings (SSSR count). The molecule has 0 radical (unpaired) electrons. The maximum absolute atomic E-state index is 12.2. The lowest BCUT2D eigenvalue weighted by molar-refractivity contribution is -0.140. The number of carbonyl (C=O) groups is 2. The number of nitrogens with one attached hydrogen (secondary N) is 1. The van der Waals surface area contributed by atoms with E-state index in [1.807, 2.05) is 6.92 Å². The summed E-state index contributed by atoms with van der Waals surface area (Å²) in [5.74, 6) is -0.683. The highest BCUT2D eigenvalue weighted by Crippen LogP contribution is 2.18. The van der Waals surface area contributed by atoms with Gasteiger partial charge in [0, 0.05) is 25.0 Å². The van der Waals surface area contributed by atoms with Crippen molar-refractivity contribution >= 4 is 11.9 Å². The Kier molecular flexibility index (Phi) is 5.41. The van der Waals surface area contributed by atoms with Crippen LogP contribution in [0, 0.1) is 5.92 Å². The Morgan fingerprint density at radius 3 is 2.71 bits per heavy atom. The van der Waals surface area contributed by atoms with Gasteiger partial charge < -0.3 is 15.3 Å². The normalized spacial score (nSPS) is 24.4. The van der Waals surface area contributed by atoms with E-state index in [0.29, 0.717) is 19.1 Å². The standard InChI is InChI=1S/C12H22N2O3/c1-3-14(7-5-11(15)16)12(17)10-4-6-13-9(2)8-10/h9-10,13H,3-8H2,1-2H3,(H,15,16). The van der Waals surface area contributed by atoms with Crippen LogP contribution in [0.25, 0.3) is 0 Å². The molecule has 2 unspecified atom stereocenters. The molecule has 1 heterocycles. The minimum Gasteiger partial charge on any atom is -0.481 e. The molecule has 98 valence electrons. The van der Waals surface area contributed by atoms with Gasteiger partial charge >= 0.3 is 5.97 Å². The molecule has 1 aliphatic heterocycles. The number of amides is 1. The summed E-state index contributed by atoms with van der Waals surface area (Å²) in [6.45, 7) is 5.75. The number of carboxylic acids is 1. The second-order valence-corrected chi connectivity index (χ2v) is 4.64. The summed E-state index contributed by atoms with van der Waals surface area (Å²) < 4.78 is 0. The first kappa shape index (κ1) is 14.0. The summed E-state index contributed by atoms with van der Waals surface area (Å²) in [4.78, 5) is 24.4. The van der Waals surface area contributed by atoms with Crippen LogP contribution in [0.5, 0.6) is 0 Å². The van der Waals surface area contributed by atoms with E-state index in [0.717, 1.165) is 19.4 Å². The molecule has 1 fully saturated rings. The fourth-order valence-electron chi connectivity index (χ4n) is 2.27. The zero-order valence-corrected chi connectivity index (χ0v) is 10.6.